The van der Waals surface area contributed by atoms with Gasteiger partial charge in [-0.2, -0.15) is 5.26 Å². The molecule has 0 unspecified atom stereocenters. The Kier molecular flexibility index (Phi) is 3.63. The first kappa shape index (κ1) is 12.9. The lowest BCUT2D eigenvalue weighted by Gasteiger charge is -2.15. The number of hydrogen-bond donors (Lipinski definition) is 0. The van der Waals surface area contributed by atoms with Crippen molar-refractivity contribution in [1.29, 1.82) is 5.26 Å². The zero-order valence-corrected chi connectivity index (χ0v) is 9.71. The lowest BCUT2D eigenvalue weighted by Crippen LogP contribution is -2.22. The van der Waals surface area contributed by atoms with Crippen molar-refractivity contribution in [2.24, 2.45) is 5.41 Å². The molecule has 0 atom stereocenters. The van der Waals surface area contributed by atoms with Crippen LogP contribution in [0.25, 0.3) is 0 Å². The van der Waals surface area contributed by atoms with Crippen LogP contribution in [0, 0.1) is 26.9 Å². The van der Waals surface area contributed by atoms with Crippen LogP contribution >= 0.6 is 0 Å². The third-order valence-electron chi connectivity index (χ3n) is 2.46. The van der Waals surface area contributed by atoms with E-state index in [2.05, 4.69) is 6.07 Å². The molecule has 17 heavy (non-hydrogen) atoms. The van der Waals surface area contributed by atoms with Gasteiger partial charge in [-0.05, 0) is 20.3 Å². The molecule has 0 amide bonds. The number of aryl methyl sites for hydroxylation is 1. The lowest BCUT2D eigenvalue weighted by molar-refractivity contribution is -0.385. The van der Waals surface area contributed by atoms with Crippen molar-refractivity contribution in [2.75, 3.05) is 0 Å². The monoisotopic (exact) mass is 235 g/mol. The van der Waals surface area contributed by atoms with E-state index in [9.17, 15) is 14.9 Å². The first-order valence-corrected chi connectivity index (χ1v) is 5.12. The van der Waals surface area contributed by atoms with E-state index in [1.54, 1.807) is 13.8 Å². The number of rotatable bonds is 4. The maximum absolute atomic E-state index is 11.5. The van der Waals surface area contributed by atoms with Crippen molar-refractivity contribution in [3.63, 3.8) is 0 Å². The van der Waals surface area contributed by atoms with E-state index in [0.717, 1.165) is 6.07 Å². The molecule has 1 heterocycles. The summed E-state index contributed by atoms with van der Waals surface area (Å²) in [6.45, 7) is 3.81. The van der Waals surface area contributed by atoms with Gasteiger partial charge in [0.25, 0.3) is 11.2 Å². The fourth-order valence-corrected chi connectivity index (χ4v) is 1.26. The van der Waals surface area contributed by atoms with Gasteiger partial charge in [0.15, 0.2) is 0 Å². The fourth-order valence-electron chi connectivity index (χ4n) is 1.26. The molecule has 0 N–H and O–H groups in total. The second-order valence-corrected chi connectivity index (χ2v) is 4.42. The van der Waals surface area contributed by atoms with E-state index in [1.165, 1.54) is 16.8 Å². The minimum Gasteiger partial charge on any atom is -0.309 e. The standard InChI is InChI=1S/C11H13N3O3/c1-11(2,8-12)5-6-13-7-9(14(16)17)3-4-10(13)15/h3-4,7H,5-6H2,1-2H3. The van der Waals surface area contributed by atoms with Crippen molar-refractivity contribution < 1.29 is 4.92 Å². The van der Waals surface area contributed by atoms with Gasteiger partial charge in [0.1, 0.15) is 0 Å². The third-order valence-corrected chi connectivity index (χ3v) is 2.46. The fraction of sp³-hybridized carbons (Fsp3) is 0.455. The number of aromatic nitrogens is 1. The number of nitro groups is 1. The number of nitrogens with zero attached hydrogens (tertiary/aromatic N) is 3. The average molecular weight is 235 g/mol. The summed E-state index contributed by atoms with van der Waals surface area (Å²) in [5, 5.41) is 19.4. The van der Waals surface area contributed by atoms with Gasteiger partial charge in [0.2, 0.25) is 0 Å². The van der Waals surface area contributed by atoms with E-state index in [-0.39, 0.29) is 11.2 Å². The minimum atomic E-state index is -0.552. The largest absolute Gasteiger partial charge is 0.309 e. The van der Waals surface area contributed by atoms with Crippen LogP contribution in [-0.2, 0) is 6.54 Å². The summed E-state index contributed by atoms with van der Waals surface area (Å²) in [7, 11) is 0. The summed E-state index contributed by atoms with van der Waals surface area (Å²) in [6.07, 6.45) is 1.67. The number of hydrogen-bond acceptors (Lipinski definition) is 4. The van der Waals surface area contributed by atoms with Crippen molar-refractivity contribution in [1.82, 2.24) is 4.57 Å². The molecule has 6 nitrogen and oxygen atoms in total. The van der Waals surface area contributed by atoms with E-state index in [4.69, 9.17) is 5.26 Å². The lowest BCUT2D eigenvalue weighted by atomic mass is 9.91. The molecule has 0 radical (unpaired) electrons. The molecule has 0 spiro atoms. The van der Waals surface area contributed by atoms with Crippen LogP contribution in [0.15, 0.2) is 23.1 Å². The van der Waals surface area contributed by atoms with Gasteiger partial charge >= 0.3 is 0 Å². The van der Waals surface area contributed by atoms with Gasteiger partial charge in [0, 0.05) is 18.7 Å². The zero-order chi connectivity index (χ0) is 13.1. The molecule has 0 saturated carbocycles. The maximum atomic E-state index is 11.5. The van der Waals surface area contributed by atoms with E-state index in [0.29, 0.717) is 13.0 Å². The van der Waals surface area contributed by atoms with Crippen LogP contribution in [0.3, 0.4) is 0 Å². The Hall–Kier alpha value is -2.16. The van der Waals surface area contributed by atoms with Crippen molar-refractivity contribution in [3.05, 3.63) is 38.8 Å². The summed E-state index contributed by atoms with van der Waals surface area (Å²) in [5.41, 5.74) is -0.979. The summed E-state index contributed by atoms with van der Waals surface area (Å²) < 4.78 is 1.26. The third kappa shape index (κ3) is 3.41. The van der Waals surface area contributed by atoms with Crippen LogP contribution in [0.2, 0.25) is 0 Å². The highest BCUT2D eigenvalue weighted by Crippen LogP contribution is 2.19. The molecule has 0 aliphatic rings. The molecule has 0 aromatic carbocycles. The highest BCUT2D eigenvalue weighted by molar-refractivity contribution is 5.24. The van der Waals surface area contributed by atoms with Crippen molar-refractivity contribution in [3.8, 4) is 6.07 Å². The summed E-state index contributed by atoms with van der Waals surface area (Å²) >= 11 is 0. The first-order valence-electron chi connectivity index (χ1n) is 5.12. The van der Waals surface area contributed by atoms with E-state index >= 15 is 0 Å². The molecule has 90 valence electrons. The van der Waals surface area contributed by atoms with Crippen molar-refractivity contribution in [2.45, 2.75) is 26.8 Å². The number of pyridine rings is 1. The van der Waals surface area contributed by atoms with E-state index in [1.807, 2.05) is 0 Å². The van der Waals surface area contributed by atoms with Gasteiger partial charge in [-0.25, -0.2) is 0 Å². The van der Waals surface area contributed by atoms with Crippen LogP contribution in [-0.4, -0.2) is 9.49 Å². The quantitative estimate of drug-likeness (QED) is 0.586. The van der Waals surface area contributed by atoms with Crippen LogP contribution < -0.4 is 5.56 Å². The smallest absolute Gasteiger partial charge is 0.285 e. The Morgan fingerprint density at radius 3 is 2.71 bits per heavy atom. The predicted molar refractivity (Wildman–Crippen MR) is 61.4 cm³/mol. The Morgan fingerprint density at radius 1 is 1.53 bits per heavy atom. The second kappa shape index (κ2) is 4.78. The number of nitriles is 1. The SMILES string of the molecule is CC(C)(C#N)CCn1cc([N+](=O)[O-])ccc1=O. The highest BCUT2D eigenvalue weighted by Gasteiger charge is 2.17. The molecular formula is C11H13N3O3. The maximum Gasteiger partial charge on any atom is 0.285 e. The van der Waals surface area contributed by atoms with E-state index < -0.39 is 10.3 Å². The predicted octanol–water partition coefficient (Wildman–Crippen LogP) is 1.70. The molecule has 0 aliphatic carbocycles. The molecule has 1 aromatic rings. The summed E-state index contributed by atoms with van der Waals surface area (Å²) in [5.74, 6) is 0. The molecule has 0 aliphatic heterocycles. The zero-order valence-electron chi connectivity index (χ0n) is 9.71. The van der Waals surface area contributed by atoms with Crippen LogP contribution in [0.4, 0.5) is 5.69 Å². The Morgan fingerprint density at radius 2 is 2.18 bits per heavy atom. The van der Waals surface area contributed by atoms with Crippen LogP contribution in [0.1, 0.15) is 20.3 Å². The molecule has 6 heteroatoms. The molecule has 1 aromatic heterocycles. The van der Waals surface area contributed by atoms with Gasteiger partial charge in [0.05, 0.1) is 22.6 Å². The average Bonchev–Trinajstić information content (AvgIpc) is 2.27. The van der Waals surface area contributed by atoms with Gasteiger partial charge in [-0.15, -0.1) is 0 Å². The first-order chi connectivity index (χ1) is 7.85. The second-order valence-electron chi connectivity index (χ2n) is 4.42. The topological polar surface area (TPSA) is 88.9 Å². The molecule has 0 bridgehead atoms. The highest BCUT2D eigenvalue weighted by atomic mass is 16.6. The molecule has 1 rings (SSSR count). The molecule has 0 fully saturated rings. The Labute approximate surface area is 98.3 Å². The molecular weight excluding hydrogens is 222 g/mol. The summed E-state index contributed by atoms with van der Waals surface area (Å²) in [4.78, 5) is 21.5. The normalized spacial score (nSPS) is 10.9. The Bertz CT molecular complexity index is 525. The summed E-state index contributed by atoms with van der Waals surface area (Å²) in [6, 6.07) is 4.46. The van der Waals surface area contributed by atoms with Gasteiger partial charge < -0.3 is 4.57 Å². The van der Waals surface area contributed by atoms with Gasteiger partial charge in [-0.1, -0.05) is 0 Å². The molecule has 0 saturated heterocycles. The van der Waals surface area contributed by atoms with Crippen LogP contribution in [0.5, 0.6) is 0 Å². The minimum absolute atomic E-state index is 0.126. The van der Waals surface area contributed by atoms with Crippen molar-refractivity contribution >= 4 is 5.69 Å². The Balaban J connectivity index is 2.92. The van der Waals surface area contributed by atoms with Gasteiger partial charge in [-0.3, -0.25) is 14.9 Å².